The molecule has 4 nitrogen and oxygen atoms in total. The number of aromatic nitrogens is 2. The van der Waals surface area contributed by atoms with Crippen LogP contribution in [0, 0.1) is 0 Å². The van der Waals surface area contributed by atoms with E-state index in [0.29, 0.717) is 6.54 Å². The average molecular weight is 216 g/mol. The maximum absolute atomic E-state index is 5.68. The Labute approximate surface area is 95.1 Å². The number of hydrogen-bond donors (Lipinski definition) is 2. The second kappa shape index (κ2) is 4.81. The summed E-state index contributed by atoms with van der Waals surface area (Å²) in [6.07, 6.45) is 3.69. The number of anilines is 1. The molecule has 16 heavy (non-hydrogen) atoms. The van der Waals surface area contributed by atoms with Crippen LogP contribution in [0.4, 0.5) is 5.95 Å². The molecule has 0 spiro atoms. The Kier molecular flexibility index (Phi) is 3.22. The molecule has 4 heteroatoms. The molecule has 1 aromatic carbocycles. The van der Waals surface area contributed by atoms with Crippen molar-refractivity contribution in [2.24, 2.45) is 12.8 Å². The highest BCUT2D eigenvalue weighted by Crippen LogP contribution is 2.10. The zero-order valence-corrected chi connectivity index (χ0v) is 9.35. The molecule has 0 bridgehead atoms. The van der Waals surface area contributed by atoms with Crippen molar-refractivity contribution in [3.8, 4) is 0 Å². The summed E-state index contributed by atoms with van der Waals surface area (Å²) in [6, 6.07) is 8.16. The van der Waals surface area contributed by atoms with Gasteiger partial charge in [-0.1, -0.05) is 24.3 Å². The normalized spacial score (nSPS) is 10.4. The summed E-state index contributed by atoms with van der Waals surface area (Å²) in [5.74, 6) is 0.867. The van der Waals surface area contributed by atoms with Gasteiger partial charge in [-0.05, 0) is 11.1 Å². The zero-order chi connectivity index (χ0) is 11.4. The van der Waals surface area contributed by atoms with Gasteiger partial charge < -0.3 is 15.6 Å². The number of rotatable bonds is 4. The van der Waals surface area contributed by atoms with Crippen molar-refractivity contribution < 1.29 is 0 Å². The van der Waals surface area contributed by atoms with E-state index < -0.39 is 0 Å². The molecule has 3 N–H and O–H groups in total. The summed E-state index contributed by atoms with van der Waals surface area (Å²) in [7, 11) is 1.96. The second-order valence-corrected chi connectivity index (χ2v) is 3.69. The fraction of sp³-hybridized carbons (Fsp3) is 0.250. The zero-order valence-electron chi connectivity index (χ0n) is 9.35. The first-order chi connectivity index (χ1) is 7.81. The van der Waals surface area contributed by atoms with Crippen molar-refractivity contribution in [3.63, 3.8) is 0 Å². The Morgan fingerprint density at radius 1 is 1.31 bits per heavy atom. The summed E-state index contributed by atoms with van der Waals surface area (Å²) in [5.41, 5.74) is 8.07. The highest BCUT2D eigenvalue weighted by molar-refractivity contribution is 5.32. The van der Waals surface area contributed by atoms with E-state index in [1.807, 2.05) is 29.9 Å². The number of hydrogen-bond acceptors (Lipinski definition) is 3. The van der Waals surface area contributed by atoms with Gasteiger partial charge in [0.15, 0.2) is 0 Å². The van der Waals surface area contributed by atoms with Gasteiger partial charge in [-0.15, -0.1) is 0 Å². The van der Waals surface area contributed by atoms with Gasteiger partial charge in [0.25, 0.3) is 0 Å². The Morgan fingerprint density at radius 3 is 2.69 bits per heavy atom. The van der Waals surface area contributed by atoms with Gasteiger partial charge in [0.1, 0.15) is 0 Å². The van der Waals surface area contributed by atoms with Crippen molar-refractivity contribution >= 4 is 5.95 Å². The maximum Gasteiger partial charge on any atom is 0.202 e. The van der Waals surface area contributed by atoms with Crippen molar-refractivity contribution in [2.75, 3.05) is 5.32 Å². The molecule has 0 saturated heterocycles. The third-order valence-electron chi connectivity index (χ3n) is 2.60. The molecule has 0 aliphatic heterocycles. The van der Waals surface area contributed by atoms with Crippen LogP contribution in [0.5, 0.6) is 0 Å². The van der Waals surface area contributed by atoms with E-state index in [1.54, 1.807) is 6.20 Å². The van der Waals surface area contributed by atoms with E-state index in [4.69, 9.17) is 5.73 Å². The van der Waals surface area contributed by atoms with Crippen LogP contribution in [-0.4, -0.2) is 9.55 Å². The molecule has 2 aromatic rings. The van der Waals surface area contributed by atoms with Crippen molar-refractivity contribution in [3.05, 3.63) is 47.8 Å². The minimum Gasteiger partial charge on any atom is -0.352 e. The smallest absolute Gasteiger partial charge is 0.202 e. The molecule has 0 unspecified atom stereocenters. The third kappa shape index (κ3) is 2.23. The molecule has 0 atom stereocenters. The number of nitrogens with zero attached hydrogens (tertiary/aromatic N) is 2. The summed E-state index contributed by atoms with van der Waals surface area (Å²) >= 11 is 0. The first-order valence-corrected chi connectivity index (χ1v) is 5.29. The van der Waals surface area contributed by atoms with Gasteiger partial charge >= 0.3 is 0 Å². The molecule has 0 amide bonds. The fourth-order valence-corrected chi connectivity index (χ4v) is 1.64. The summed E-state index contributed by atoms with van der Waals surface area (Å²) in [5, 5.41) is 3.28. The van der Waals surface area contributed by atoms with Crippen LogP contribution < -0.4 is 11.1 Å². The lowest BCUT2D eigenvalue weighted by molar-refractivity contribution is 0.894. The molecule has 1 aromatic heterocycles. The van der Waals surface area contributed by atoms with Crippen LogP contribution in [0.2, 0.25) is 0 Å². The molecule has 0 aliphatic carbocycles. The molecule has 2 rings (SSSR count). The molecule has 0 fully saturated rings. The van der Waals surface area contributed by atoms with Crippen molar-refractivity contribution in [1.82, 2.24) is 9.55 Å². The van der Waals surface area contributed by atoms with E-state index in [-0.39, 0.29) is 0 Å². The van der Waals surface area contributed by atoms with Crippen LogP contribution >= 0.6 is 0 Å². The van der Waals surface area contributed by atoms with E-state index >= 15 is 0 Å². The van der Waals surface area contributed by atoms with Crippen molar-refractivity contribution in [1.29, 1.82) is 0 Å². The largest absolute Gasteiger partial charge is 0.352 e. The Morgan fingerprint density at radius 2 is 2.06 bits per heavy atom. The highest BCUT2D eigenvalue weighted by atomic mass is 15.2. The number of nitrogens with one attached hydrogen (secondary N) is 1. The second-order valence-electron chi connectivity index (χ2n) is 3.69. The van der Waals surface area contributed by atoms with Crippen LogP contribution in [0.1, 0.15) is 11.1 Å². The van der Waals surface area contributed by atoms with Crippen LogP contribution in [0.15, 0.2) is 36.7 Å². The fourth-order valence-electron chi connectivity index (χ4n) is 1.64. The molecular weight excluding hydrogens is 200 g/mol. The number of imidazole rings is 1. The van der Waals surface area contributed by atoms with Gasteiger partial charge in [-0.25, -0.2) is 4.98 Å². The number of aryl methyl sites for hydroxylation is 1. The monoisotopic (exact) mass is 216 g/mol. The van der Waals surface area contributed by atoms with Crippen LogP contribution in [0.25, 0.3) is 0 Å². The molecular formula is C12H16N4. The molecule has 0 saturated carbocycles. The lowest BCUT2D eigenvalue weighted by atomic mass is 10.1. The summed E-state index contributed by atoms with van der Waals surface area (Å²) in [4.78, 5) is 4.21. The van der Waals surface area contributed by atoms with Gasteiger partial charge in [0.2, 0.25) is 5.95 Å². The van der Waals surface area contributed by atoms with E-state index in [2.05, 4.69) is 22.4 Å². The van der Waals surface area contributed by atoms with Gasteiger partial charge in [-0.3, -0.25) is 0 Å². The van der Waals surface area contributed by atoms with Crippen LogP contribution in [0.3, 0.4) is 0 Å². The predicted octanol–water partition coefficient (Wildman–Crippen LogP) is 1.49. The van der Waals surface area contributed by atoms with E-state index in [1.165, 1.54) is 11.1 Å². The minimum absolute atomic E-state index is 0.568. The SMILES string of the molecule is Cn1ccnc1NCc1ccccc1CN. The maximum atomic E-state index is 5.68. The van der Waals surface area contributed by atoms with Gasteiger partial charge in [0.05, 0.1) is 0 Å². The first kappa shape index (κ1) is 10.7. The van der Waals surface area contributed by atoms with E-state index in [0.717, 1.165) is 12.5 Å². The molecule has 84 valence electrons. The van der Waals surface area contributed by atoms with Gasteiger partial charge in [-0.2, -0.15) is 0 Å². The quantitative estimate of drug-likeness (QED) is 0.814. The Bertz CT molecular complexity index is 462. The lowest BCUT2D eigenvalue weighted by Crippen LogP contribution is -2.08. The Balaban J connectivity index is 2.07. The lowest BCUT2D eigenvalue weighted by Gasteiger charge is -2.09. The third-order valence-corrected chi connectivity index (χ3v) is 2.60. The molecule has 1 heterocycles. The van der Waals surface area contributed by atoms with Crippen molar-refractivity contribution in [2.45, 2.75) is 13.1 Å². The molecule has 0 aliphatic rings. The standard InChI is InChI=1S/C12H16N4/c1-16-7-6-14-12(16)15-9-11-5-3-2-4-10(11)8-13/h2-7H,8-9,13H2,1H3,(H,14,15). The number of nitrogens with two attached hydrogens (primary N) is 1. The highest BCUT2D eigenvalue weighted by Gasteiger charge is 2.01. The minimum atomic E-state index is 0.568. The molecule has 0 radical (unpaired) electrons. The Hall–Kier alpha value is -1.81. The average Bonchev–Trinajstić information content (AvgIpc) is 2.72. The predicted molar refractivity (Wildman–Crippen MR) is 64.9 cm³/mol. The van der Waals surface area contributed by atoms with E-state index in [9.17, 15) is 0 Å². The number of benzene rings is 1. The first-order valence-electron chi connectivity index (χ1n) is 5.29. The van der Waals surface area contributed by atoms with Crippen LogP contribution in [-0.2, 0) is 20.1 Å². The topological polar surface area (TPSA) is 55.9 Å². The summed E-state index contributed by atoms with van der Waals surface area (Å²) < 4.78 is 1.95. The summed E-state index contributed by atoms with van der Waals surface area (Å²) in [6.45, 7) is 1.32. The van der Waals surface area contributed by atoms with Gasteiger partial charge in [0, 0.05) is 32.5 Å².